The molecule has 2 rings (SSSR count). The fourth-order valence-electron chi connectivity index (χ4n) is 3.04. The van der Waals surface area contributed by atoms with Crippen molar-refractivity contribution in [3.05, 3.63) is 29.8 Å². The Balaban J connectivity index is 0.00000112. The molecule has 0 saturated carbocycles. The van der Waals surface area contributed by atoms with Crippen LogP contribution in [0.5, 0.6) is 0 Å². The summed E-state index contributed by atoms with van der Waals surface area (Å²) in [7, 11) is 0. The number of hydrogen-bond donors (Lipinski definition) is 0. The summed E-state index contributed by atoms with van der Waals surface area (Å²) in [5.41, 5.74) is 3.12. The quantitative estimate of drug-likeness (QED) is 0.531. The van der Waals surface area contributed by atoms with Gasteiger partial charge in [0.05, 0.1) is 19.1 Å². The van der Waals surface area contributed by atoms with Gasteiger partial charge in [0.1, 0.15) is 5.69 Å². The summed E-state index contributed by atoms with van der Waals surface area (Å²) in [6.07, 6.45) is 1.25. The van der Waals surface area contributed by atoms with Crippen LogP contribution in [0.3, 0.4) is 0 Å². The summed E-state index contributed by atoms with van der Waals surface area (Å²) >= 11 is 0. The van der Waals surface area contributed by atoms with E-state index in [9.17, 15) is 0 Å². The summed E-state index contributed by atoms with van der Waals surface area (Å²) in [6.45, 7) is 9.43. The van der Waals surface area contributed by atoms with Crippen LogP contribution in [0, 0.1) is 0 Å². The Bertz CT molecular complexity index is 331. The van der Waals surface area contributed by atoms with Gasteiger partial charge in [0.2, 0.25) is 0 Å². The molecule has 1 aliphatic heterocycles. The molecular weight excluding hydrogens is 297 g/mol. The number of likely N-dealkylation sites (N-methyl/N-ethyl adjacent to an activating group) is 1. The average Bonchev–Trinajstić information content (AvgIpc) is 2.50. The molecule has 1 atom stereocenters. The van der Waals surface area contributed by atoms with Gasteiger partial charge in [0, 0.05) is 12.0 Å². The van der Waals surface area contributed by atoms with Gasteiger partial charge in [-0.15, -0.1) is 0 Å². The van der Waals surface area contributed by atoms with E-state index in [0.717, 1.165) is 6.04 Å². The van der Waals surface area contributed by atoms with Crippen molar-refractivity contribution < 1.29 is 24.0 Å². The van der Waals surface area contributed by atoms with E-state index >= 15 is 0 Å². The number of fused-ring (bicyclic) bond motifs is 1. The summed E-state index contributed by atoms with van der Waals surface area (Å²) in [5.74, 6) is 0. The molecule has 0 N–H and O–H groups in total. The zero-order valence-electron chi connectivity index (χ0n) is 9.83. The second-order valence-electron chi connectivity index (χ2n) is 4.35. The van der Waals surface area contributed by atoms with Gasteiger partial charge in [-0.3, -0.25) is 4.48 Å². The highest BCUT2D eigenvalue weighted by molar-refractivity contribution is 5.55. The van der Waals surface area contributed by atoms with Crippen molar-refractivity contribution in [2.75, 3.05) is 13.1 Å². The zero-order valence-corrected chi connectivity index (χ0v) is 12.0. The average molecular weight is 317 g/mol. The van der Waals surface area contributed by atoms with Gasteiger partial charge in [0.25, 0.3) is 0 Å². The first-order valence-electron chi connectivity index (χ1n) is 5.69. The number of nitrogens with zero attached hydrogens (tertiary/aromatic N) is 1. The lowest BCUT2D eigenvalue weighted by atomic mass is 10.1. The molecular formula is C13H20IN. The van der Waals surface area contributed by atoms with Crippen LogP contribution in [0.15, 0.2) is 24.3 Å². The smallest absolute Gasteiger partial charge is 0.136 e. The number of hydrogen-bond acceptors (Lipinski definition) is 0. The molecule has 0 bridgehead atoms. The predicted octanol–water partition coefficient (Wildman–Crippen LogP) is -0.0177. The van der Waals surface area contributed by atoms with E-state index in [1.165, 1.54) is 24.0 Å². The minimum atomic E-state index is 0. The third-order valence-corrected chi connectivity index (χ3v) is 3.96. The molecule has 1 unspecified atom stereocenters. The first-order chi connectivity index (χ1) is 6.74. The molecule has 0 amide bonds. The van der Waals surface area contributed by atoms with Crippen LogP contribution in [0.2, 0.25) is 0 Å². The van der Waals surface area contributed by atoms with Crippen LogP contribution in [-0.2, 0) is 6.42 Å². The molecule has 0 aliphatic carbocycles. The molecule has 15 heavy (non-hydrogen) atoms. The molecule has 0 spiro atoms. The highest BCUT2D eigenvalue weighted by Crippen LogP contribution is 2.38. The second kappa shape index (κ2) is 4.83. The van der Waals surface area contributed by atoms with Crippen molar-refractivity contribution >= 4 is 5.69 Å². The van der Waals surface area contributed by atoms with E-state index in [0.29, 0.717) is 0 Å². The second-order valence-corrected chi connectivity index (χ2v) is 4.35. The predicted molar refractivity (Wildman–Crippen MR) is 62.5 cm³/mol. The van der Waals surface area contributed by atoms with Gasteiger partial charge in [-0.2, -0.15) is 0 Å². The van der Waals surface area contributed by atoms with Crippen molar-refractivity contribution in [3.63, 3.8) is 0 Å². The summed E-state index contributed by atoms with van der Waals surface area (Å²) in [6, 6.07) is 9.69. The molecule has 0 aromatic heterocycles. The van der Waals surface area contributed by atoms with E-state index in [1.54, 1.807) is 11.3 Å². The summed E-state index contributed by atoms with van der Waals surface area (Å²) in [5, 5.41) is 0. The Morgan fingerprint density at radius 1 is 1.20 bits per heavy atom. The van der Waals surface area contributed by atoms with Crippen LogP contribution in [-0.4, -0.2) is 19.1 Å². The fraction of sp³-hybridized carbons (Fsp3) is 0.538. The van der Waals surface area contributed by atoms with Crippen molar-refractivity contribution in [3.8, 4) is 0 Å². The SMILES string of the molecule is CC[N+]1(CC)c2ccccc2CC1C.[I-]. The summed E-state index contributed by atoms with van der Waals surface area (Å²) < 4.78 is 1.18. The molecule has 0 fully saturated rings. The Morgan fingerprint density at radius 3 is 2.40 bits per heavy atom. The lowest BCUT2D eigenvalue weighted by Gasteiger charge is -2.37. The first kappa shape index (κ1) is 13.0. The molecule has 1 aromatic carbocycles. The number of benzene rings is 1. The molecule has 1 nitrogen and oxygen atoms in total. The molecule has 1 heterocycles. The van der Waals surface area contributed by atoms with Crippen LogP contribution in [0.4, 0.5) is 5.69 Å². The molecule has 0 radical (unpaired) electrons. The van der Waals surface area contributed by atoms with Crippen molar-refractivity contribution in [2.45, 2.75) is 33.2 Å². The molecule has 0 saturated heterocycles. The van der Waals surface area contributed by atoms with E-state index in [2.05, 4.69) is 45.0 Å². The number of rotatable bonds is 2. The van der Waals surface area contributed by atoms with Crippen LogP contribution >= 0.6 is 0 Å². The van der Waals surface area contributed by atoms with E-state index in [-0.39, 0.29) is 24.0 Å². The van der Waals surface area contributed by atoms with Crippen LogP contribution < -0.4 is 28.5 Å². The van der Waals surface area contributed by atoms with Crippen molar-refractivity contribution in [2.24, 2.45) is 0 Å². The molecule has 84 valence electrons. The Kier molecular flexibility index (Phi) is 4.18. The van der Waals surface area contributed by atoms with Gasteiger partial charge in [0.15, 0.2) is 0 Å². The number of quaternary nitrogens is 1. The third kappa shape index (κ3) is 1.82. The Hall–Kier alpha value is -0.0900. The van der Waals surface area contributed by atoms with Crippen LogP contribution in [0.1, 0.15) is 26.3 Å². The van der Waals surface area contributed by atoms with E-state index < -0.39 is 0 Å². The summed E-state index contributed by atoms with van der Waals surface area (Å²) in [4.78, 5) is 0. The molecule has 2 heteroatoms. The maximum atomic E-state index is 2.38. The highest BCUT2D eigenvalue weighted by atomic mass is 127. The van der Waals surface area contributed by atoms with Crippen LogP contribution in [0.25, 0.3) is 0 Å². The zero-order chi connectivity index (χ0) is 10.2. The topological polar surface area (TPSA) is 0 Å². The number of para-hydroxylation sites is 1. The third-order valence-electron chi connectivity index (χ3n) is 3.96. The normalized spacial score (nSPS) is 21.9. The van der Waals surface area contributed by atoms with Gasteiger partial charge in [-0.25, -0.2) is 0 Å². The maximum Gasteiger partial charge on any atom is 0.136 e. The standard InChI is InChI=1S/C13H20N.HI/c1-4-14(5-2)11(3)10-12-8-6-7-9-13(12)14;/h6-9,11H,4-5,10H2,1-3H3;1H/q+1;/p-1. The minimum absolute atomic E-state index is 0. The van der Waals surface area contributed by atoms with Gasteiger partial charge < -0.3 is 24.0 Å². The van der Waals surface area contributed by atoms with Crippen molar-refractivity contribution in [1.82, 2.24) is 4.48 Å². The van der Waals surface area contributed by atoms with Gasteiger partial charge >= 0.3 is 0 Å². The lowest BCUT2D eigenvalue weighted by Crippen LogP contribution is -3.00. The monoisotopic (exact) mass is 317 g/mol. The minimum Gasteiger partial charge on any atom is -1.00 e. The Morgan fingerprint density at radius 2 is 1.80 bits per heavy atom. The van der Waals surface area contributed by atoms with E-state index in [1.807, 2.05) is 0 Å². The fourth-order valence-corrected chi connectivity index (χ4v) is 3.04. The largest absolute Gasteiger partial charge is 1.00 e. The maximum absolute atomic E-state index is 2.38. The highest BCUT2D eigenvalue weighted by Gasteiger charge is 2.41. The van der Waals surface area contributed by atoms with E-state index in [4.69, 9.17) is 0 Å². The van der Waals surface area contributed by atoms with Crippen molar-refractivity contribution in [1.29, 1.82) is 0 Å². The van der Waals surface area contributed by atoms with Gasteiger partial charge in [-0.1, -0.05) is 18.2 Å². The molecule has 1 aliphatic rings. The number of halogens is 1. The molecule has 1 aromatic rings. The van der Waals surface area contributed by atoms with Gasteiger partial charge in [-0.05, 0) is 26.8 Å². The lowest BCUT2D eigenvalue weighted by molar-refractivity contribution is -0.00000306. The Labute approximate surface area is 110 Å². The first-order valence-corrected chi connectivity index (χ1v) is 5.69.